The van der Waals surface area contributed by atoms with Crippen molar-refractivity contribution >= 4 is 17.7 Å². The lowest BCUT2D eigenvalue weighted by Gasteiger charge is -2.07. The van der Waals surface area contributed by atoms with Gasteiger partial charge in [-0.3, -0.25) is 0 Å². The topological polar surface area (TPSA) is 87.7 Å². The van der Waals surface area contributed by atoms with Crippen LogP contribution in [0.2, 0.25) is 0 Å². The number of anilines is 1. The lowest BCUT2D eigenvalue weighted by molar-refractivity contribution is -0.137. The van der Waals surface area contributed by atoms with Gasteiger partial charge in [0.05, 0.1) is 6.61 Å². The molecule has 1 aromatic carbocycles. The third-order valence-electron chi connectivity index (χ3n) is 2.39. The highest BCUT2D eigenvalue weighted by molar-refractivity contribution is 5.89. The largest absolute Gasteiger partial charge is 0.508 e. The molecule has 0 aliphatic rings. The fraction of sp³-hybridized carbons (Fsp3) is 0.286. The summed E-state index contributed by atoms with van der Waals surface area (Å²) in [6.07, 6.45) is 2.48. The van der Waals surface area contributed by atoms with Crippen LogP contribution in [0.5, 0.6) is 5.75 Å². The molecule has 0 fully saturated rings. The molecule has 0 aliphatic carbocycles. The van der Waals surface area contributed by atoms with Crippen LogP contribution in [-0.2, 0) is 9.53 Å². The number of nitrogens with one attached hydrogen (secondary N) is 2. The summed E-state index contributed by atoms with van der Waals surface area (Å²) in [6, 6.07) is 5.86. The number of urea groups is 1. The van der Waals surface area contributed by atoms with E-state index in [2.05, 4.69) is 17.2 Å². The Bertz CT molecular complexity index is 457. The van der Waals surface area contributed by atoms with Crippen molar-refractivity contribution in [3.05, 3.63) is 36.9 Å². The van der Waals surface area contributed by atoms with E-state index in [1.807, 2.05) is 0 Å². The van der Waals surface area contributed by atoms with Gasteiger partial charge in [-0.25, -0.2) is 9.59 Å². The molecule has 0 aromatic heterocycles. The van der Waals surface area contributed by atoms with Crippen LogP contribution in [0.25, 0.3) is 0 Å². The molecule has 0 atom stereocenters. The highest BCUT2D eigenvalue weighted by Gasteiger charge is 2.01. The maximum atomic E-state index is 11.5. The number of benzene rings is 1. The molecule has 0 saturated heterocycles. The number of unbranched alkanes of at least 4 members (excludes halogenated alkanes) is 1. The first-order chi connectivity index (χ1) is 9.61. The second kappa shape index (κ2) is 8.58. The summed E-state index contributed by atoms with van der Waals surface area (Å²) in [4.78, 5) is 22.2. The monoisotopic (exact) mass is 278 g/mol. The van der Waals surface area contributed by atoms with Crippen molar-refractivity contribution in [1.29, 1.82) is 0 Å². The molecule has 0 heterocycles. The standard InChI is InChI=1S/C14H18N2O4/c1-2-13(18)20-10-4-3-9-15-14(19)16-11-5-7-12(17)8-6-11/h2,5-8,17H,1,3-4,9-10H2,(H2,15,16,19). The number of phenols is 1. The number of hydrogen-bond donors (Lipinski definition) is 3. The van der Waals surface area contributed by atoms with Gasteiger partial charge >= 0.3 is 12.0 Å². The number of phenolic OH excluding ortho intramolecular Hbond substituents is 1. The number of esters is 1. The van der Waals surface area contributed by atoms with Gasteiger partial charge in [0.1, 0.15) is 5.75 Å². The predicted octanol–water partition coefficient (Wildman–Crippen LogP) is 2.02. The van der Waals surface area contributed by atoms with Crippen molar-refractivity contribution in [1.82, 2.24) is 5.32 Å². The van der Waals surface area contributed by atoms with E-state index in [9.17, 15) is 9.59 Å². The normalized spacial score (nSPS) is 9.60. The summed E-state index contributed by atoms with van der Waals surface area (Å²) < 4.78 is 4.80. The Labute approximate surface area is 117 Å². The molecule has 20 heavy (non-hydrogen) atoms. The molecule has 1 aromatic rings. The van der Waals surface area contributed by atoms with Crippen LogP contribution in [0, 0.1) is 0 Å². The van der Waals surface area contributed by atoms with Gasteiger partial charge in [-0.2, -0.15) is 0 Å². The summed E-state index contributed by atoms with van der Waals surface area (Å²) >= 11 is 0. The molecule has 0 bridgehead atoms. The first kappa shape index (κ1) is 15.6. The number of ether oxygens (including phenoxy) is 1. The van der Waals surface area contributed by atoms with Gasteiger partial charge in [0.15, 0.2) is 0 Å². The summed E-state index contributed by atoms with van der Waals surface area (Å²) in [7, 11) is 0. The number of amides is 2. The summed E-state index contributed by atoms with van der Waals surface area (Å²) in [5, 5.41) is 14.4. The fourth-order valence-electron chi connectivity index (χ4n) is 1.38. The van der Waals surface area contributed by atoms with Gasteiger partial charge in [0.25, 0.3) is 0 Å². The maximum Gasteiger partial charge on any atom is 0.330 e. The summed E-state index contributed by atoms with van der Waals surface area (Å²) in [5.74, 6) is -0.298. The molecule has 0 aliphatic heterocycles. The van der Waals surface area contributed by atoms with Gasteiger partial charge in [0.2, 0.25) is 0 Å². The minimum absolute atomic E-state index is 0.144. The molecular formula is C14H18N2O4. The van der Waals surface area contributed by atoms with E-state index in [1.54, 1.807) is 12.1 Å². The molecular weight excluding hydrogens is 260 g/mol. The summed E-state index contributed by atoms with van der Waals surface area (Å²) in [5.41, 5.74) is 0.597. The van der Waals surface area contributed by atoms with Crippen molar-refractivity contribution in [3.63, 3.8) is 0 Å². The van der Waals surface area contributed by atoms with Crippen molar-refractivity contribution in [2.75, 3.05) is 18.5 Å². The number of aromatic hydroxyl groups is 1. The van der Waals surface area contributed by atoms with Crippen molar-refractivity contribution in [2.45, 2.75) is 12.8 Å². The Morgan fingerprint density at radius 2 is 1.95 bits per heavy atom. The predicted molar refractivity (Wildman–Crippen MR) is 75.5 cm³/mol. The Kier molecular flexibility index (Phi) is 6.67. The van der Waals surface area contributed by atoms with Gasteiger partial charge in [-0.15, -0.1) is 0 Å². The minimum atomic E-state index is -0.442. The molecule has 3 N–H and O–H groups in total. The Hall–Kier alpha value is -2.50. The average Bonchev–Trinajstić information content (AvgIpc) is 2.44. The molecule has 2 amide bonds. The van der Waals surface area contributed by atoms with Gasteiger partial charge in [-0.05, 0) is 37.1 Å². The SMILES string of the molecule is C=CC(=O)OCCCCNC(=O)Nc1ccc(O)cc1. The average molecular weight is 278 g/mol. The number of rotatable bonds is 7. The molecule has 0 spiro atoms. The zero-order chi connectivity index (χ0) is 14.8. The van der Waals surface area contributed by atoms with Gasteiger partial charge in [0, 0.05) is 18.3 Å². The van der Waals surface area contributed by atoms with Crippen LogP contribution in [0.1, 0.15) is 12.8 Å². The lowest BCUT2D eigenvalue weighted by atomic mass is 10.3. The van der Waals surface area contributed by atoms with Gasteiger partial charge in [-0.1, -0.05) is 6.58 Å². The third kappa shape index (κ3) is 6.44. The Morgan fingerprint density at radius 3 is 2.60 bits per heavy atom. The molecule has 0 unspecified atom stereocenters. The zero-order valence-electron chi connectivity index (χ0n) is 11.1. The number of carbonyl (C=O) groups is 2. The van der Waals surface area contributed by atoms with E-state index < -0.39 is 5.97 Å². The van der Waals surface area contributed by atoms with Crippen molar-refractivity contribution in [3.8, 4) is 5.75 Å². The summed E-state index contributed by atoms with van der Waals surface area (Å²) in [6.45, 7) is 4.08. The van der Waals surface area contributed by atoms with E-state index in [4.69, 9.17) is 9.84 Å². The van der Waals surface area contributed by atoms with E-state index in [0.29, 0.717) is 31.7 Å². The quantitative estimate of drug-likeness (QED) is 0.308. The van der Waals surface area contributed by atoms with Crippen LogP contribution in [-0.4, -0.2) is 30.3 Å². The highest BCUT2D eigenvalue weighted by Crippen LogP contribution is 2.13. The van der Waals surface area contributed by atoms with Crippen molar-refractivity contribution < 1.29 is 19.4 Å². The van der Waals surface area contributed by atoms with Crippen LogP contribution in [0.4, 0.5) is 10.5 Å². The smallest absolute Gasteiger partial charge is 0.330 e. The zero-order valence-corrected chi connectivity index (χ0v) is 11.1. The second-order valence-electron chi connectivity index (χ2n) is 4.01. The van der Waals surface area contributed by atoms with Crippen LogP contribution < -0.4 is 10.6 Å². The van der Waals surface area contributed by atoms with E-state index in [-0.39, 0.29) is 11.8 Å². The van der Waals surface area contributed by atoms with Crippen LogP contribution in [0.3, 0.4) is 0 Å². The Morgan fingerprint density at radius 1 is 1.25 bits per heavy atom. The Balaban J connectivity index is 2.10. The molecule has 108 valence electrons. The van der Waals surface area contributed by atoms with E-state index in [0.717, 1.165) is 6.08 Å². The molecule has 1 rings (SSSR count). The molecule has 0 saturated carbocycles. The maximum absolute atomic E-state index is 11.5. The number of hydrogen-bond acceptors (Lipinski definition) is 4. The van der Waals surface area contributed by atoms with Crippen LogP contribution in [0.15, 0.2) is 36.9 Å². The first-order valence-corrected chi connectivity index (χ1v) is 6.25. The molecule has 6 heteroatoms. The first-order valence-electron chi connectivity index (χ1n) is 6.25. The van der Waals surface area contributed by atoms with E-state index in [1.165, 1.54) is 12.1 Å². The third-order valence-corrected chi connectivity index (χ3v) is 2.39. The van der Waals surface area contributed by atoms with Crippen LogP contribution >= 0.6 is 0 Å². The molecule has 0 radical (unpaired) electrons. The molecule has 6 nitrogen and oxygen atoms in total. The minimum Gasteiger partial charge on any atom is -0.508 e. The second-order valence-corrected chi connectivity index (χ2v) is 4.01. The lowest BCUT2D eigenvalue weighted by Crippen LogP contribution is -2.29. The van der Waals surface area contributed by atoms with Gasteiger partial charge < -0.3 is 20.5 Å². The van der Waals surface area contributed by atoms with Crippen molar-refractivity contribution in [2.24, 2.45) is 0 Å². The van der Waals surface area contributed by atoms with E-state index >= 15 is 0 Å². The highest BCUT2D eigenvalue weighted by atomic mass is 16.5. The fourth-order valence-corrected chi connectivity index (χ4v) is 1.38. The number of carbonyl (C=O) groups excluding carboxylic acids is 2.